The summed E-state index contributed by atoms with van der Waals surface area (Å²) in [5, 5.41) is 3.39. The molecule has 19 heavy (non-hydrogen) atoms. The third kappa shape index (κ3) is 3.72. The van der Waals surface area contributed by atoms with E-state index in [0.29, 0.717) is 26.6 Å². The van der Waals surface area contributed by atoms with E-state index in [-0.39, 0.29) is 5.91 Å². The predicted octanol–water partition coefficient (Wildman–Crippen LogP) is 5.09. The second-order valence-corrected chi connectivity index (χ2v) is 5.45. The smallest absolute Gasteiger partial charge is 0.255 e. The number of rotatable bonds is 3. The van der Waals surface area contributed by atoms with Crippen LogP contribution < -0.4 is 5.32 Å². The molecule has 2 nitrogen and oxygen atoms in total. The van der Waals surface area contributed by atoms with Gasteiger partial charge in [0.15, 0.2) is 0 Å². The molecule has 2 aromatic carbocycles. The average molecular weight is 359 g/mol. The van der Waals surface area contributed by atoms with Crippen LogP contribution in [0.4, 0.5) is 5.69 Å². The Labute approximate surface area is 129 Å². The summed E-state index contributed by atoms with van der Waals surface area (Å²) in [6.45, 7) is 0. The number of alkyl halides is 1. The van der Waals surface area contributed by atoms with E-state index in [1.807, 2.05) is 24.3 Å². The number of halogens is 3. The van der Waals surface area contributed by atoms with Crippen molar-refractivity contribution in [3.05, 3.63) is 63.1 Å². The van der Waals surface area contributed by atoms with E-state index in [0.717, 1.165) is 5.56 Å². The summed E-state index contributed by atoms with van der Waals surface area (Å²) in [5.74, 6) is 0.222. The fraction of sp³-hybridized carbons (Fsp3) is 0.0714. The maximum atomic E-state index is 12.1. The molecule has 0 bridgehead atoms. The molecule has 0 aliphatic rings. The molecule has 0 fully saturated rings. The molecular weight excluding hydrogens is 349 g/mol. The topological polar surface area (TPSA) is 29.1 Å². The molecule has 98 valence electrons. The van der Waals surface area contributed by atoms with Crippen molar-refractivity contribution in [3.63, 3.8) is 0 Å². The summed E-state index contributed by atoms with van der Waals surface area (Å²) in [6.07, 6.45) is 0. The molecular formula is C14H10BrCl2NO. The van der Waals surface area contributed by atoms with E-state index in [2.05, 4.69) is 21.2 Å². The van der Waals surface area contributed by atoms with Gasteiger partial charge < -0.3 is 5.32 Å². The Kier molecular flexibility index (Phi) is 4.86. The zero-order valence-corrected chi connectivity index (χ0v) is 12.9. The number of hydrogen-bond acceptors (Lipinski definition) is 1. The first-order chi connectivity index (χ1) is 9.10. The fourth-order valence-electron chi connectivity index (χ4n) is 1.57. The van der Waals surface area contributed by atoms with Gasteiger partial charge in [-0.05, 0) is 51.8 Å². The van der Waals surface area contributed by atoms with Crippen molar-refractivity contribution in [2.45, 2.75) is 5.88 Å². The van der Waals surface area contributed by atoms with Crippen LogP contribution in [0, 0.1) is 0 Å². The Bertz CT molecular complexity index is 616. The maximum Gasteiger partial charge on any atom is 0.255 e. The van der Waals surface area contributed by atoms with E-state index < -0.39 is 0 Å². The van der Waals surface area contributed by atoms with Gasteiger partial charge in [-0.1, -0.05) is 23.7 Å². The summed E-state index contributed by atoms with van der Waals surface area (Å²) in [5.41, 5.74) is 2.21. The highest BCUT2D eigenvalue weighted by molar-refractivity contribution is 9.10. The lowest BCUT2D eigenvalue weighted by atomic mass is 10.2. The fourth-order valence-corrected chi connectivity index (χ4v) is 2.24. The van der Waals surface area contributed by atoms with Crippen LogP contribution in [0.1, 0.15) is 15.9 Å². The highest BCUT2D eigenvalue weighted by Gasteiger charge is 2.08. The van der Waals surface area contributed by atoms with Gasteiger partial charge in [0.2, 0.25) is 0 Å². The Hall–Kier alpha value is -1.03. The summed E-state index contributed by atoms with van der Waals surface area (Å²) in [7, 11) is 0. The van der Waals surface area contributed by atoms with E-state index in [1.165, 1.54) is 0 Å². The van der Waals surface area contributed by atoms with Crippen LogP contribution in [0.2, 0.25) is 5.02 Å². The van der Waals surface area contributed by atoms with Crippen molar-refractivity contribution in [3.8, 4) is 0 Å². The van der Waals surface area contributed by atoms with Gasteiger partial charge in [-0.3, -0.25) is 4.79 Å². The molecule has 2 rings (SSSR count). The summed E-state index contributed by atoms with van der Waals surface area (Å²) >= 11 is 14.9. The standard InChI is InChI=1S/C14H10BrCl2NO/c15-12-7-10(4-5-13(12)17)14(19)18-11-3-1-2-9(6-11)8-16/h1-7H,8H2,(H,18,19). The number of benzene rings is 2. The summed E-state index contributed by atoms with van der Waals surface area (Å²) < 4.78 is 0.691. The molecule has 0 aromatic heterocycles. The first-order valence-electron chi connectivity index (χ1n) is 5.51. The number of nitrogens with one attached hydrogen (secondary N) is 1. The molecule has 1 N–H and O–H groups in total. The average Bonchev–Trinajstić information content (AvgIpc) is 2.42. The van der Waals surface area contributed by atoms with E-state index in [4.69, 9.17) is 23.2 Å². The SMILES string of the molecule is O=C(Nc1cccc(CCl)c1)c1ccc(Cl)c(Br)c1. The quantitative estimate of drug-likeness (QED) is 0.760. The molecule has 0 atom stereocenters. The monoisotopic (exact) mass is 357 g/mol. The lowest BCUT2D eigenvalue weighted by Crippen LogP contribution is -2.11. The zero-order valence-electron chi connectivity index (χ0n) is 9.79. The summed E-state index contributed by atoms with van der Waals surface area (Å²) in [6, 6.07) is 12.5. The van der Waals surface area contributed by atoms with Crippen LogP contribution in [0.5, 0.6) is 0 Å². The van der Waals surface area contributed by atoms with Crippen molar-refractivity contribution < 1.29 is 4.79 Å². The molecule has 2 aromatic rings. The lowest BCUT2D eigenvalue weighted by molar-refractivity contribution is 0.102. The third-order valence-corrected chi connectivity index (χ3v) is 4.04. The molecule has 0 saturated carbocycles. The van der Waals surface area contributed by atoms with Crippen molar-refractivity contribution in [1.29, 1.82) is 0 Å². The maximum absolute atomic E-state index is 12.1. The van der Waals surface area contributed by atoms with Gasteiger partial charge in [0.25, 0.3) is 5.91 Å². The van der Waals surface area contributed by atoms with Gasteiger partial charge in [-0.15, -0.1) is 11.6 Å². The summed E-state index contributed by atoms with van der Waals surface area (Å²) in [4.78, 5) is 12.1. The highest BCUT2D eigenvalue weighted by Crippen LogP contribution is 2.23. The van der Waals surface area contributed by atoms with Crippen LogP contribution in [-0.2, 0) is 5.88 Å². The van der Waals surface area contributed by atoms with Gasteiger partial charge in [0.05, 0.1) is 5.02 Å². The second-order valence-electron chi connectivity index (χ2n) is 3.92. The van der Waals surface area contributed by atoms with Crippen LogP contribution in [0.15, 0.2) is 46.9 Å². The number of carbonyl (C=O) groups is 1. The van der Waals surface area contributed by atoms with Gasteiger partial charge >= 0.3 is 0 Å². The third-order valence-electron chi connectivity index (χ3n) is 2.52. The molecule has 0 saturated heterocycles. The second kappa shape index (κ2) is 6.42. The zero-order chi connectivity index (χ0) is 13.8. The van der Waals surface area contributed by atoms with E-state index in [9.17, 15) is 4.79 Å². The molecule has 0 unspecified atom stereocenters. The van der Waals surface area contributed by atoms with Crippen LogP contribution >= 0.6 is 39.1 Å². The minimum Gasteiger partial charge on any atom is -0.322 e. The first-order valence-corrected chi connectivity index (χ1v) is 7.22. The van der Waals surface area contributed by atoms with Gasteiger partial charge in [-0.2, -0.15) is 0 Å². The molecule has 5 heteroatoms. The molecule has 0 aliphatic carbocycles. The van der Waals surface area contributed by atoms with Crippen LogP contribution in [0.25, 0.3) is 0 Å². The van der Waals surface area contributed by atoms with Crippen molar-refractivity contribution in [2.24, 2.45) is 0 Å². The number of hydrogen-bond donors (Lipinski definition) is 1. The lowest BCUT2D eigenvalue weighted by Gasteiger charge is -2.07. The van der Waals surface area contributed by atoms with Gasteiger partial charge in [0.1, 0.15) is 0 Å². The number of anilines is 1. The number of carbonyl (C=O) groups excluding carboxylic acids is 1. The molecule has 0 radical (unpaired) electrons. The van der Waals surface area contributed by atoms with E-state index >= 15 is 0 Å². The largest absolute Gasteiger partial charge is 0.322 e. The van der Waals surface area contributed by atoms with Crippen LogP contribution in [0.3, 0.4) is 0 Å². The van der Waals surface area contributed by atoms with Crippen molar-refractivity contribution >= 4 is 50.7 Å². The Morgan fingerprint density at radius 2 is 2.00 bits per heavy atom. The molecule has 1 amide bonds. The van der Waals surface area contributed by atoms with Crippen molar-refractivity contribution in [1.82, 2.24) is 0 Å². The minimum atomic E-state index is -0.191. The molecule has 0 aliphatic heterocycles. The van der Waals surface area contributed by atoms with Gasteiger partial charge in [0, 0.05) is 21.6 Å². The minimum absolute atomic E-state index is 0.191. The molecule has 0 heterocycles. The normalized spacial score (nSPS) is 10.3. The Morgan fingerprint density at radius 1 is 1.21 bits per heavy atom. The van der Waals surface area contributed by atoms with Gasteiger partial charge in [-0.25, -0.2) is 0 Å². The Balaban J connectivity index is 2.18. The van der Waals surface area contributed by atoms with E-state index in [1.54, 1.807) is 18.2 Å². The first kappa shape index (κ1) is 14.4. The highest BCUT2D eigenvalue weighted by atomic mass is 79.9. The predicted molar refractivity (Wildman–Crippen MR) is 83.1 cm³/mol. The Morgan fingerprint density at radius 3 is 2.68 bits per heavy atom. The molecule has 0 spiro atoms. The van der Waals surface area contributed by atoms with Crippen LogP contribution in [-0.4, -0.2) is 5.91 Å². The number of amides is 1. The van der Waals surface area contributed by atoms with Crippen molar-refractivity contribution in [2.75, 3.05) is 5.32 Å².